The van der Waals surface area contributed by atoms with Crippen LogP contribution in [-0.2, 0) is 6.42 Å². The van der Waals surface area contributed by atoms with E-state index in [0.29, 0.717) is 12.1 Å². The van der Waals surface area contributed by atoms with Gasteiger partial charge in [-0.1, -0.05) is 6.07 Å². The molecule has 1 N–H and O–H groups in total. The molecule has 4 heteroatoms. The lowest BCUT2D eigenvalue weighted by atomic mass is 10.1. The van der Waals surface area contributed by atoms with Crippen LogP contribution >= 0.6 is 0 Å². The summed E-state index contributed by atoms with van der Waals surface area (Å²) in [4.78, 5) is 17.7. The molecule has 1 saturated heterocycles. The van der Waals surface area contributed by atoms with E-state index in [1.807, 2.05) is 12.3 Å². The molecule has 102 valence electrons. The van der Waals surface area contributed by atoms with Crippen LogP contribution in [0.25, 0.3) is 5.65 Å². The zero-order chi connectivity index (χ0) is 13.4. The van der Waals surface area contributed by atoms with Gasteiger partial charge in [0.25, 0.3) is 5.56 Å². The van der Waals surface area contributed by atoms with Crippen molar-refractivity contribution in [3.63, 3.8) is 0 Å². The maximum absolute atomic E-state index is 11.7. The summed E-state index contributed by atoms with van der Waals surface area (Å²) in [6.45, 7) is 5.71. The van der Waals surface area contributed by atoms with E-state index in [-0.39, 0.29) is 5.56 Å². The minimum Gasteiger partial charge on any atom is -0.343 e. The van der Waals surface area contributed by atoms with Gasteiger partial charge in [-0.15, -0.1) is 0 Å². The number of likely N-dealkylation sites (tertiary alicyclic amines) is 1. The van der Waals surface area contributed by atoms with Crippen LogP contribution in [-0.4, -0.2) is 32.9 Å². The minimum absolute atomic E-state index is 0.0344. The Balaban J connectivity index is 1.85. The van der Waals surface area contributed by atoms with Crippen molar-refractivity contribution in [3.05, 3.63) is 40.4 Å². The third-order valence-electron chi connectivity index (χ3n) is 4.10. The first-order valence-electron chi connectivity index (χ1n) is 7.10. The van der Waals surface area contributed by atoms with Crippen LogP contribution in [0.3, 0.4) is 0 Å². The average Bonchev–Trinajstić information content (AvgIpc) is 2.96. The number of hydrogen-bond acceptors (Lipinski definition) is 2. The number of aromatic nitrogens is 2. The van der Waals surface area contributed by atoms with Crippen molar-refractivity contribution in [2.75, 3.05) is 6.54 Å². The van der Waals surface area contributed by atoms with Gasteiger partial charge in [-0.25, -0.2) is 0 Å². The number of aromatic amines is 1. The van der Waals surface area contributed by atoms with Gasteiger partial charge in [-0.05, 0) is 39.3 Å². The Morgan fingerprint density at radius 3 is 3.00 bits per heavy atom. The summed E-state index contributed by atoms with van der Waals surface area (Å²) in [5.41, 5.74) is 2.07. The molecule has 0 saturated carbocycles. The quantitative estimate of drug-likeness (QED) is 0.916. The van der Waals surface area contributed by atoms with Gasteiger partial charge in [-0.2, -0.15) is 0 Å². The van der Waals surface area contributed by atoms with Crippen molar-refractivity contribution in [2.45, 2.75) is 45.2 Å². The van der Waals surface area contributed by atoms with Crippen LogP contribution in [0.5, 0.6) is 0 Å². The molecule has 3 rings (SSSR count). The zero-order valence-corrected chi connectivity index (χ0v) is 11.6. The number of imidazole rings is 1. The van der Waals surface area contributed by atoms with E-state index in [1.54, 1.807) is 16.5 Å². The first-order valence-corrected chi connectivity index (χ1v) is 7.10. The molecule has 1 atom stereocenters. The summed E-state index contributed by atoms with van der Waals surface area (Å²) >= 11 is 0. The van der Waals surface area contributed by atoms with E-state index < -0.39 is 0 Å². The molecule has 0 spiro atoms. The second-order valence-electron chi connectivity index (χ2n) is 5.73. The maximum Gasteiger partial charge on any atom is 0.256 e. The molecule has 1 aliphatic rings. The van der Waals surface area contributed by atoms with Crippen molar-refractivity contribution < 1.29 is 0 Å². The number of hydrogen-bond donors (Lipinski definition) is 1. The first-order chi connectivity index (χ1) is 9.15. The molecule has 4 nitrogen and oxygen atoms in total. The summed E-state index contributed by atoms with van der Waals surface area (Å²) in [7, 11) is 0. The third-order valence-corrected chi connectivity index (χ3v) is 4.10. The fraction of sp³-hybridized carbons (Fsp3) is 0.533. The van der Waals surface area contributed by atoms with Crippen LogP contribution in [0, 0.1) is 0 Å². The number of nitrogens with one attached hydrogen (secondary N) is 1. The molecule has 1 fully saturated rings. The van der Waals surface area contributed by atoms with Gasteiger partial charge in [0.2, 0.25) is 0 Å². The third kappa shape index (κ3) is 2.32. The Morgan fingerprint density at radius 1 is 1.42 bits per heavy atom. The van der Waals surface area contributed by atoms with Crippen molar-refractivity contribution in [1.29, 1.82) is 0 Å². The lowest BCUT2D eigenvalue weighted by molar-refractivity contribution is 0.202. The minimum atomic E-state index is 0.0344. The van der Waals surface area contributed by atoms with E-state index in [1.165, 1.54) is 19.4 Å². The number of pyridine rings is 1. The summed E-state index contributed by atoms with van der Waals surface area (Å²) in [5, 5.41) is 0. The lowest BCUT2D eigenvalue weighted by Gasteiger charge is -2.27. The second-order valence-corrected chi connectivity index (χ2v) is 5.73. The van der Waals surface area contributed by atoms with Gasteiger partial charge in [0, 0.05) is 36.5 Å². The Bertz CT molecular complexity index is 626. The fourth-order valence-corrected chi connectivity index (χ4v) is 3.20. The smallest absolute Gasteiger partial charge is 0.256 e. The predicted molar refractivity (Wildman–Crippen MR) is 76.6 cm³/mol. The molecule has 0 aliphatic carbocycles. The highest BCUT2D eigenvalue weighted by Crippen LogP contribution is 2.23. The van der Waals surface area contributed by atoms with Gasteiger partial charge >= 0.3 is 0 Å². The van der Waals surface area contributed by atoms with Crippen molar-refractivity contribution in [1.82, 2.24) is 14.3 Å². The van der Waals surface area contributed by atoms with E-state index in [2.05, 4.69) is 23.7 Å². The first kappa shape index (κ1) is 12.5. The van der Waals surface area contributed by atoms with Crippen LogP contribution in [0.2, 0.25) is 0 Å². The topological polar surface area (TPSA) is 40.5 Å². The van der Waals surface area contributed by atoms with E-state index >= 15 is 0 Å². The molecule has 3 heterocycles. The highest BCUT2D eigenvalue weighted by molar-refractivity contribution is 5.39. The molecular weight excluding hydrogens is 238 g/mol. The molecule has 2 aromatic rings. The number of fused-ring (bicyclic) bond motifs is 1. The van der Waals surface area contributed by atoms with Gasteiger partial charge in [0.15, 0.2) is 0 Å². The van der Waals surface area contributed by atoms with Gasteiger partial charge in [0.1, 0.15) is 5.65 Å². The molecule has 1 aliphatic heterocycles. The highest BCUT2D eigenvalue weighted by atomic mass is 16.1. The van der Waals surface area contributed by atoms with Gasteiger partial charge in [0.05, 0.1) is 0 Å². The number of H-pyrrole nitrogens is 1. The zero-order valence-electron chi connectivity index (χ0n) is 11.6. The summed E-state index contributed by atoms with van der Waals surface area (Å²) in [6.07, 6.45) is 5.49. The maximum atomic E-state index is 11.7. The highest BCUT2D eigenvalue weighted by Gasteiger charge is 2.26. The van der Waals surface area contributed by atoms with Crippen molar-refractivity contribution in [2.24, 2.45) is 0 Å². The van der Waals surface area contributed by atoms with E-state index in [9.17, 15) is 4.79 Å². The Morgan fingerprint density at radius 2 is 2.26 bits per heavy atom. The predicted octanol–water partition coefficient (Wildman–Crippen LogP) is 2.04. The molecule has 19 heavy (non-hydrogen) atoms. The standard InChI is InChI=1S/C15H21N3O/c1-11(2)17-8-4-5-13(17)9-12-10-18-14(16-12)6-3-7-15(18)19/h3,6-7,10-11,13,16H,4-5,8-9H2,1-2H3. The molecular formula is C15H21N3O. The molecule has 0 aromatic carbocycles. The molecule has 1 unspecified atom stereocenters. The number of rotatable bonds is 3. The fourth-order valence-electron chi connectivity index (χ4n) is 3.20. The van der Waals surface area contributed by atoms with Gasteiger partial charge < -0.3 is 4.98 Å². The van der Waals surface area contributed by atoms with Crippen LogP contribution in [0.1, 0.15) is 32.4 Å². The van der Waals surface area contributed by atoms with Gasteiger partial charge in [-0.3, -0.25) is 14.1 Å². The van der Waals surface area contributed by atoms with Crippen molar-refractivity contribution in [3.8, 4) is 0 Å². The lowest BCUT2D eigenvalue weighted by Crippen LogP contribution is -2.36. The van der Waals surface area contributed by atoms with E-state index in [4.69, 9.17) is 0 Å². The summed E-state index contributed by atoms with van der Waals surface area (Å²) in [6, 6.07) is 6.54. The molecule has 0 radical (unpaired) electrons. The molecule has 2 aromatic heterocycles. The van der Waals surface area contributed by atoms with Crippen LogP contribution < -0.4 is 5.56 Å². The summed E-state index contributed by atoms with van der Waals surface area (Å²) < 4.78 is 1.70. The normalized spacial score (nSPS) is 20.7. The SMILES string of the molecule is CC(C)N1CCCC1Cc1cn2c(=O)cccc2[nH]1. The van der Waals surface area contributed by atoms with Crippen molar-refractivity contribution >= 4 is 5.65 Å². The summed E-state index contributed by atoms with van der Waals surface area (Å²) in [5.74, 6) is 0. The van der Waals surface area contributed by atoms with E-state index in [0.717, 1.165) is 17.8 Å². The Kier molecular flexibility index (Phi) is 3.19. The Hall–Kier alpha value is -1.55. The van der Waals surface area contributed by atoms with Crippen LogP contribution in [0.15, 0.2) is 29.2 Å². The molecule has 0 amide bonds. The monoisotopic (exact) mass is 259 g/mol. The molecule has 0 bridgehead atoms. The second kappa shape index (κ2) is 4.85. The average molecular weight is 259 g/mol. The number of nitrogens with zero attached hydrogens (tertiary/aromatic N) is 2. The Labute approximate surface area is 113 Å². The largest absolute Gasteiger partial charge is 0.343 e. The van der Waals surface area contributed by atoms with Crippen LogP contribution in [0.4, 0.5) is 0 Å².